The molecule has 2 aliphatic rings. The number of rotatable bonds is 7. The van der Waals surface area contributed by atoms with Crippen LogP contribution in [-0.2, 0) is 30.7 Å². The third-order valence-corrected chi connectivity index (χ3v) is 6.66. The smallest absolute Gasteiger partial charge is 0.270 e. The van der Waals surface area contributed by atoms with Crippen LogP contribution in [0.4, 0.5) is 4.39 Å². The Labute approximate surface area is 206 Å². The highest BCUT2D eigenvalue weighted by Crippen LogP contribution is 2.23. The van der Waals surface area contributed by atoms with Crippen LogP contribution in [0.25, 0.3) is 0 Å². The fraction of sp³-hybridized carbons (Fsp3) is 0.455. The number of sulfone groups is 1. The van der Waals surface area contributed by atoms with Gasteiger partial charge in [-0.1, -0.05) is 22.8 Å². The van der Waals surface area contributed by atoms with Crippen molar-refractivity contribution in [2.45, 2.75) is 38.2 Å². The van der Waals surface area contributed by atoms with Crippen molar-refractivity contribution >= 4 is 33.1 Å². The summed E-state index contributed by atoms with van der Waals surface area (Å²) < 4.78 is 47.6. The second kappa shape index (κ2) is 10.5. The number of nitrogens with one attached hydrogen (secondary N) is 1. The largest absolute Gasteiger partial charge is 0.389 e. The van der Waals surface area contributed by atoms with Crippen LogP contribution in [0.2, 0.25) is 5.02 Å². The first-order valence-corrected chi connectivity index (χ1v) is 13.2. The number of aromatic nitrogens is 2. The van der Waals surface area contributed by atoms with Gasteiger partial charge in [-0.3, -0.25) is 4.79 Å². The molecule has 0 bridgehead atoms. The quantitative estimate of drug-likeness (QED) is 0.578. The number of hydrogen-bond acceptors (Lipinski definition) is 9. The molecule has 1 fully saturated rings. The summed E-state index contributed by atoms with van der Waals surface area (Å²) in [5.41, 5.74) is 1.76. The second-order valence-electron chi connectivity index (χ2n) is 8.42. The fourth-order valence-electron chi connectivity index (χ4n) is 3.71. The van der Waals surface area contributed by atoms with E-state index in [1.165, 1.54) is 24.3 Å². The van der Waals surface area contributed by atoms with E-state index in [0.717, 1.165) is 6.26 Å². The number of oxime groups is 1. The monoisotopic (exact) mass is 526 g/mol. The highest BCUT2D eigenvalue weighted by molar-refractivity contribution is 7.90. The second-order valence-corrected chi connectivity index (χ2v) is 11.0. The van der Waals surface area contributed by atoms with Gasteiger partial charge >= 0.3 is 0 Å². The Bertz CT molecular complexity index is 1250. The zero-order valence-electron chi connectivity index (χ0n) is 19.0. The van der Waals surface area contributed by atoms with Gasteiger partial charge in [0.1, 0.15) is 39.0 Å². The zero-order chi connectivity index (χ0) is 25.2. The first-order chi connectivity index (χ1) is 16.6. The Balaban J connectivity index is 1.35. The predicted molar refractivity (Wildman–Crippen MR) is 125 cm³/mol. The van der Waals surface area contributed by atoms with E-state index in [-0.39, 0.29) is 36.2 Å². The molecule has 10 nitrogen and oxygen atoms in total. The molecule has 188 valence electrons. The Morgan fingerprint density at radius 3 is 2.69 bits per heavy atom. The van der Waals surface area contributed by atoms with E-state index in [2.05, 4.69) is 20.4 Å². The van der Waals surface area contributed by atoms with Crippen molar-refractivity contribution in [3.05, 3.63) is 57.9 Å². The van der Waals surface area contributed by atoms with Crippen LogP contribution < -0.4 is 5.32 Å². The standard InChI is InChI=1S/C22H24ClFN4O6S/c1-12-26-17(6-19(27-12)22(29)25-8-13-3-4-16(24)15(23)5-13)18-7-20(34-28-18)21-10-32-14(9-33-21)11-35(2,30)31/h3-6,14,20-21H,7-11H2,1-2H3,(H,25,29)/t14-,20-,21+/m0/s1. The first kappa shape index (κ1) is 25.4. The van der Waals surface area contributed by atoms with Gasteiger partial charge < -0.3 is 19.6 Å². The predicted octanol–water partition coefficient (Wildman–Crippen LogP) is 1.83. The number of aryl methyl sites for hydroxylation is 1. The highest BCUT2D eigenvalue weighted by atomic mass is 35.5. The summed E-state index contributed by atoms with van der Waals surface area (Å²) in [6.07, 6.45) is 0.162. The van der Waals surface area contributed by atoms with Crippen molar-refractivity contribution in [3.63, 3.8) is 0 Å². The Morgan fingerprint density at radius 1 is 1.20 bits per heavy atom. The molecule has 0 spiro atoms. The third kappa shape index (κ3) is 6.72. The van der Waals surface area contributed by atoms with Crippen molar-refractivity contribution < 1.29 is 31.9 Å². The molecule has 0 aliphatic carbocycles. The van der Waals surface area contributed by atoms with Crippen molar-refractivity contribution in [2.24, 2.45) is 5.16 Å². The molecule has 1 aromatic heterocycles. The lowest BCUT2D eigenvalue weighted by Crippen LogP contribution is -2.44. The van der Waals surface area contributed by atoms with Gasteiger partial charge in [0.05, 0.1) is 35.8 Å². The minimum absolute atomic E-state index is 0.0241. The molecule has 3 heterocycles. The Morgan fingerprint density at radius 2 is 2.00 bits per heavy atom. The lowest BCUT2D eigenvalue weighted by molar-refractivity contribution is -0.165. The van der Waals surface area contributed by atoms with E-state index in [1.54, 1.807) is 6.92 Å². The summed E-state index contributed by atoms with van der Waals surface area (Å²) in [7, 11) is -3.17. The van der Waals surface area contributed by atoms with Gasteiger partial charge in [0.2, 0.25) is 0 Å². The van der Waals surface area contributed by atoms with Crippen LogP contribution in [-0.4, -0.2) is 73.5 Å². The average molecular weight is 527 g/mol. The van der Waals surface area contributed by atoms with E-state index < -0.39 is 39.9 Å². The first-order valence-electron chi connectivity index (χ1n) is 10.8. The van der Waals surface area contributed by atoms with Gasteiger partial charge in [-0.25, -0.2) is 22.8 Å². The zero-order valence-corrected chi connectivity index (χ0v) is 20.6. The van der Waals surface area contributed by atoms with Gasteiger partial charge in [0, 0.05) is 19.2 Å². The molecular formula is C22H24ClFN4O6S. The number of hydrogen-bond donors (Lipinski definition) is 1. The maximum Gasteiger partial charge on any atom is 0.270 e. The van der Waals surface area contributed by atoms with Crippen LogP contribution in [0.1, 0.15) is 34.0 Å². The Kier molecular flexibility index (Phi) is 7.64. The third-order valence-electron chi connectivity index (χ3n) is 5.39. The van der Waals surface area contributed by atoms with Crippen molar-refractivity contribution in [3.8, 4) is 0 Å². The van der Waals surface area contributed by atoms with Gasteiger partial charge in [0.25, 0.3) is 5.91 Å². The van der Waals surface area contributed by atoms with E-state index in [0.29, 0.717) is 29.2 Å². The maximum absolute atomic E-state index is 13.3. The minimum Gasteiger partial charge on any atom is -0.389 e. The number of halogens is 2. The van der Waals surface area contributed by atoms with Crippen molar-refractivity contribution in [2.75, 3.05) is 25.2 Å². The molecule has 1 N–H and O–H groups in total. The highest BCUT2D eigenvalue weighted by Gasteiger charge is 2.36. The molecule has 13 heteroatoms. The lowest BCUT2D eigenvalue weighted by Gasteiger charge is -2.31. The topological polar surface area (TPSA) is 129 Å². The average Bonchev–Trinajstić information content (AvgIpc) is 3.29. The van der Waals surface area contributed by atoms with Crippen LogP contribution >= 0.6 is 11.6 Å². The van der Waals surface area contributed by atoms with E-state index in [1.807, 2.05) is 0 Å². The summed E-state index contributed by atoms with van der Waals surface area (Å²) >= 11 is 5.79. The molecule has 0 saturated carbocycles. The van der Waals surface area contributed by atoms with Crippen LogP contribution in [0.5, 0.6) is 0 Å². The molecule has 1 amide bonds. The summed E-state index contributed by atoms with van der Waals surface area (Å²) in [4.78, 5) is 26.8. The number of nitrogens with zero attached hydrogens (tertiary/aromatic N) is 3. The minimum atomic E-state index is -3.17. The SMILES string of the molecule is Cc1nc(C(=O)NCc2ccc(F)c(Cl)c2)cc(C2=NO[C@H]([C@H]3CO[C@H](CS(C)(=O)=O)CO3)C2)n1. The molecule has 3 atom stereocenters. The van der Waals surface area contributed by atoms with E-state index >= 15 is 0 Å². The number of carbonyl (C=O) groups is 1. The summed E-state index contributed by atoms with van der Waals surface area (Å²) in [5.74, 6) is -0.694. The van der Waals surface area contributed by atoms with Crippen LogP contribution in [0, 0.1) is 12.7 Å². The summed E-state index contributed by atoms with van der Waals surface area (Å²) in [5, 5.41) is 6.81. The van der Waals surface area contributed by atoms with Crippen LogP contribution in [0.15, 0.2) is 29.4 Å². The van der Waals surface area contributed by atoms with Gasteiger partial charge in [0.15, 0.2) is 6.10 Å². The molecule has 1 aromatic carbocycles. The van der Waals surface area contributed by atoms with Gasteiger partial charge in [-0.15, -0.1) is 0 Å². The molecule has 35 heavy (non-hydrogen) atoms. The molecule has 1 saturated heterocycles. The Hall–Kier alpha value is -2.67. The van der Waals surface area contributed by atoms with Crippen LogP contribution in [0.3, 0.4) is 0 Å². The molecule has 4 rings (SSSR count). The lowest BCUT2D eigenvalue weighted by atomic mass is 10.0. The fourth-order valence-corrected chi connectivity index (χ4v) is 4.78. The molecular weight excluding hydrogens is 503 g/mol. The summed E-state index contributed by atoms with van der Waals surface area (Å²) in [6, 6.07) is 5.73. The number of ether oxygens (including phenoxy) is 2. The number of carbonyl (C=O) groups excluding carboxylic acids is 1. The maximum atomic E-state index is 13.3. The van der Waals surface area contributed by atoms with Gasteiger partial charge in [-0.05, 0) is 30.7 Å². The van der Waals surface area contributed by atoms with Gasteiger partial charge in [-0.2, -0.15) is 0 Å². The number of benzene rings is 1. The summed E-state index contributed by atoms with van der Waals surface area (Å²) in [6.45, 7) is 2.12. The van der Waals surface area contributed by atoms with Crippen molar-refractivity contribution in [1.82, 2.24) is 15.3 Å². The molecule has 0 radical (unpaired) electrons. The molecule has 2 aliphatic heterocycles. The molecule has 0 unspecified atom stereocenters. The number of amides is 1. The van der Waals surface area contributed by atoms with E-state index in [4.69, 9.17) is 25.9 Å². The van der Waals surface area contributed by atoms with Crippen molar-refractivity contribution in [1.29, 1.82) is 0 Å². The van der Waals surface area contributed by atoms with E-state index in [9.17, 15) is 17.6 Å². The normalized spacial score (nSPS) is 22.4. The molecule has 2 aromatic rings.